The van der Waals surface area contributed by atoms with Crippen molar-refractivity contribution in [3.05, 3.63) is 24.0 Å². The zero-order valence-corrected chi connectivity index (χ0v) is 14.7. The molecule has 0 spiro atoms. The van der Waals surface area contributed by atoms with Crippen LogP contribution in [-0.2, 0) is 0 Å². The number of pyridine rings is 1. The van der Waals surface area contributed by atoms with Crippen molar-refractivity contribution in [1.29, 1.82) is 0 Å². The number of nitrogens with zero attached hydrogens (tertiary/aromatic N) is 3. The summed E-state index contributed by atoms with van der Waals surface area (Å²) in [5.74, 6) is -0.0248. The van der Waals surface area contributed by atoms with Crippen LogP contribution >= 0.6 is 0 Å². The number of anilines is 1. The number of rotatable bonds is 7. The molecule has 2 rings (SSSR count). The van der Waals surface area contributed by atoms with E-state index in [1.807, 2.05) is 26.4 Å². The molecule has 1 aromatic rings. The Hall–Kier alpha value is -1.62. The molecule has 0 saturated carbocycles. The third-order valence-corrected chi connectivity index (χ3v) is 4.48. The summed E-state index contributed by atoms with van der Waals surface area (Å²) in [4.78, 5) is 21.1. The Morgan fingerprint density at radius 3 is 2.96 bits per heavy atom. The molecule has 1 aromatic heterocycles. The van der Waals surface area contributed by atoms with E-state index >= 15 is 0 Å². The van der Waals surface area contributed by atoms with Gasteiger partial charge in [0.1, 0.15) is 0 Å². The first-order valence-electron chi connectivity index (χ1n) is 8.76. The number of carbonyl (C=O) groups excluding carboxylic acids is 1. The van der Waals surface area contributed by atoms with Crippen molar-refractivity contribution in [1.82, 2.24) is 15.2 Å². The van der Waals surface area contributed by atoms with E-state index in [9.17, 15) is 4.79 Å². The molecule has 23 heavy (non-hydrogen) atoms. The van der Waals surface area contributed by atoms with Crippen molar-refractivity contribution < 1.29 is 4.79 Å². The van der Waals surface area contributed by atoms with Crippen molar-refractivity contribution in [2.45, 2.75) is 45.1 Å². The molecule has 0 aromatic carbocycles. The molecular weight excluding hydrogens is 288 g/mol. The number of hydrogen-bond donors (Lipinski definition) is 1. The van der Waals surface area contributed by atoms with Crippen LogP contribution in [0.2, 0.25) is 0 Å². The lowest BCUT2D eigenvalue weighted by atomic mass is 9.99. The van der Waals surface area contributed by atoms with Crippen molar-refractivity contribution >= 4 is 11.6 Å². The minimum atomic E-state index is -0.0248. The molecule has 1 unspecified atom stereocenters. The molecule has 5 nitrogen and oxygen atoms in total. The second-order valence-corrected chi connectivity index (χ2v) is 6.60. The summed E-state index contributed by atoms with van der Waals surface area (Å²) in [5, 5.41) is 2.99. The molecule has 1 amide bonds. The second kappa shape index (κ2) is 8.87. The molecule has 1 saturated heterocycles. The highest BCUT2D eigenvalue weighted by atomic mass is 16.1. The molecule has 1 fully saturated rings. The van der Waals surface area contributed by atoms with Gasteiger partial charge in [-0.05, 0) is 58.8 Å². The third kappa shape index (κ3) is 5.20. The Labute approximate surface area is 140 Å². The predicted molar refractivity (Wildman–Crippen MR) is 95.0 cm³/mol. The van der Waals surface area contributed by atoms with Gasteiger partial charge in [0.2, 0.25) is 0 Å². The van der Waals surface area contributed by atoms with Gasteiger partial charge in [-0.1, -0.05) is 6.92 Å². The van der Waals surface area contributed by atoms with Gasteiger partial charge in [-0.25, -0.2) is 0 Å². The quantitative estimate of drug-likeness (QED) is 0.785. The number of amides is 1. The van der Waals surface area contributed by atoms with E-state index in [4.69, 9.17) is 0 Å². The fourth-order valence-corrected chi connectivity index (χ4v) is 3.17. The molecule has 1 aliphatic rings. The summed E-state index contributed by atoms with van der Waals surface area (Å²) < 4.78 is 0. The minimum Gasteiger partial charge on any atom is -0.367 e. The van der Waals surface area contributed by atoms with Crippen LogP contribution in [-0.4, -0.2) is 55.6 Å². The summed E-state index contributed by atoms with van der Waals surface area (Å²) in [6, 6.07) is 2.56. The fraction of sp³-hybridized carbons (Fsp3) is 0.667. The molecule has 0 bridgehead atoms. The average molecular weight is 318 g/mol. The van der Waals surface area contributed by atoms with E-state index in [-0.39, 0.29) is 5.91 Å². The van der Waals surface area contributed by atoms with E-state index < -0.39 is 0 Å². The van der Waals surface area contributed by atoms with Gasteiger partial charge in [-0.15, -0.1) is 0 Å². The maximum Gasteiger partial charge on any atom is 0.252 e. The molecular formula is C18H30N4O. The van der Waals surface area contributed by atoms with E-state index in [1.165, 1.54) is 19.3 Å². The Kier molecular flexibility index (Phi) is 6.84. The van der Waals surface area contributed by atoms with Crippen molar-refractivity contribution in [3.8, 4) is 0 Å². The van der Waals surface area contributed by atoms with Crippen LogP contribution in [0.3, 0.4) is 0 Å². The zero-order valence-electron chi connectivity index (χ0n) is 14.7. The van der Waals surface area contributed by atoms with Gasteiger partial charge >= 0.3 is 0 Å². The summed E-state index contributed by atoms with van der Waals surface area (Å²) in [5.41, 5.74) is 1.74. The molecule has 1 atom stereocenters. The first-order chi connectivity index (χ1) is 11.1. The van der Waals surface area contributed by atoms with Gasteiger partial charge in [0.25, 0.3) is 5.91 Å². The van der Waals surface area contributed by atoms with Crippen LogP contribution < -0.4 is 10.2 Å². The standard InChI is InChI=1S/C18H30N4O/c1-4-16-8-5-6-11-22(16)17-12-15(13-19-14-17)18(23)20-9-7-10-21(2)3/h12-14,16H,4-11H2,1-3H3,(H,20,23). The number of aromatic nitrogens is 1. The van der Waals surface area contributed by atoms with Crippen LogP contribution in [0.25, 0.3) is 0 Å². The third-order valence-electron chi connectivity index (χ3n) is 4.48. The minimum absolute atomic E-state index is 0.0248. The first-order valence-corrected chi connectivity index (χ1v) is 8.76. The Morgan fingerprint density at radius 2 is 2.22 bits per heavy atom. The maximum absolute atomic E-state index is 12.3. The van der Waals surface area contributed by atoms with Crippen LogP contribution in [0.1, 0.15) is 49.4 Å². The smallest absolute Gasteiger partial charge is 0.252 e. The fourth-order valence-electron chi connectivity index (χ4n) is 3.17. The topological polar surface area (TPSA) is 48.5 Å². The van der Waals surface area contributed by atoms with Crippen LogP contribution in [0.5, 0.6) is 0 Å². The highest BCUT2D eigenvalue weighted by molar-refractivity contribution is 5.94. The van der Waals surface area contributed by atoms with Crippen LogP contribution in [0, 0.1) is 0 Å². The maximum atomic E-state index is 12.3. The summed E-state index contributed by atoms with van der Waals surface area (Å²) in [6.07, 6.45) is 9.40. The molecule has 5 heteroatoms. The number of carbonyl (C=O) groups is 1. The van der Waals surface area contributed by atoms with E-state index in [0.717, 1.165) is 31.6 Å². The Bertz CT molecular complexity index is 504. The summed E-state index contributed by atoms with van der Waals surface area (Å²) in [7, 11) is 4.08. The average Bonchev–Trinajstić information content (AvgIpc) is 2.58. The van der Waals surface area contributed by atoms with Gasteiger partial charge in [-0.2, -0.15) is 0 Å². The molecule has 128 valence electrons. The first kappa shape index (κ1) is 17.7. The number of piperidine rings is 1. The van der Waals surface area contributed by atoms with Gasteiger partial charge in [0.15, 0.2) is 0 Å². The molecule has 0 aliphatic carbocycles. The van der Waals surface area contributed by atoms with E-state index in [1.54, 1.807) is 6.20 Å². The largest absolute Gasteiger partial charge is 0.367 e. The van der Waals surface area contributed by atoms with Gasteiger partial charge < -0.3 is 15.1 Å². The highest BCUT2D eigenvalue weighted by Crippen LogP contribution is 2.26. The van der Waals surface area contributed by atoms with Crippen molar-refractivity contribution in [2.24, 2.45) is 0 Å². The summed E-state index contributed by atoms with van der Waals surface area (Å²) in [6.45, 7) is 4.97. The molecule has 1 aliphatic heterocycles. The van der Waals surface area contributed by atoms with Crippen LogP contribution in [0.15, 0.2) is 18.5 Å². The normalized spacial score (nSPS) is 18.3. The predicted octanol–water partition coefficient (Wildman–Crippen LogP) is 2.53. The lowest BCUT2D eigenvalue weighted by Gasteiger charge is -2.37. The van der Waals surface area contributed by atoms with Crippen molar-refractivity contribution in [2.75, 3.05) is 38.6 Å². The Morgan fingerprint density at radius 1 is 1.39 bits per heavy atom. The monoisotopic (exact) mass is 318 g/mol. The highest BCUT2D eigenvalue weighted by Gasteiger charge is 2.22. The molecule has 2 heterocycles. The molecule has 1 N–H and O–H groups in total. The Balaban J connectivity index is 1.97. The zero-order chi connectivity index (χ0) is 16.7. The summed E-state index contributed by atoms with van der Waals surface area (Å²) >= 11 is 0. The van der Waals surface area contributed by atoms with Gasteiger partial charge in [-0.3, -0.25) is 9.78 Å². The lowest BCUT2D eigenvalue weighted by molar-refractivity contribution is 0.0952. The molecule has 0 radical (unpaired) electrons. The number of hydrogen-bond acceptors (Lipinski definition) is 4. The van der Waals surface area contributed by atoms with Gasteiger partial charge in [0, 0.05) is 25.3 Å². The van der Waals surface area contributed by atoms with E-state index in [0.29, 0.717) is 18.2 Å². The van der Waals surface area contributed by atoms with Gasteiger partial charge in [0.05, 0.1) is 17.4 Å². The lowest BCUT2D eigenvalue weighted by Crippen LogP contribution is -2.39. The van der Waals surface area contributed by atoms with Crippen LogP contribution in [0.4, 0.5) is 5.69 Å². The number of nitrogens with one attached hydrogen (secondary N) is 1. The van der Waals surface area contributed by atoms with Crippen molar-refractivity contribution in [3.63, 3.8) is 0 Å². The van der Waals surface area contributed by atoms with E-state index in [2.05, 4.69) is 27.0 Å². The SMILES string of the molecule is CCC1CCCCN1c1cncc(C(=O)NCCCN(C)C)c1. The second-order valence-electron chi connectivity index (χ2n) is 6.60.